The maximum absolute atomic E-state index is 11.4. The average molecular weight is 291 g/mol. The predicted octanol–water partition coefficient (Wildman–Crippen LogP) is 3.58. The van der Waals surface area contributed by atoms with Gasteiger partial charge in [0, 0.05) is 0 Å². The Bertz CT molecular complexity index is 561. The topological polar surface area (TPSA) is 55.4 Å². The van der Waals surface area contributed by atoms with Crippen LogP contribution in [0, 0.1) is 0 Å². The molecule has 0 aliphatic carbocycles. The van der Waals surface area contributed by atoms with E-state index < -0.39 is 0 Å². The Hall–Kier alpha value is -1.75. The molecule has 1 aliphatic heterocycles. The summed E-state index contributed by atoms with van der Waals surface area (Å²) in [5.74, 6) is 0.450. The number of amides is 2. The highest BCUT2D eigenvalue weighted by atomic mass is 32.2. The standard InChI is InChI=1S/C15H17NO3S/c1-4-15(2,3)19-11-7-5-10(6-8-11)9-12-13(17)16-14(18)20-12/h5-9H,4H2,1-3H3,(H,16,17,18)/b12-9-. The van der Waals surface area contributed by atoms with E-state index in [9.17, 15) is 9.59 Å². The van der Waals surface area contributed by atoms with Crippen LogP contribution in [-0.4, -0.2) is 16.7 Å². The first kappa shape index (κ1) is 14.7. The van der Waals surface area contributed by atoms with Crippen molar-refractivity contribution in [2.75, 3.05) is 0 Å². The maximum Gasteiger partial charge on any atom is 0.290 e. The van der Waals surface area contributed by atoms with Crippen LogP contribution in [0.15, 0.2) is 29.2 Å². The minimum atomic E-state index is -0.340. The van der Waals surface area contributed by atoms with Gasteiger partial charge in [0.25, 0.3) is 11.1 Å². The number of rotatable bonds is 4. The number of hydrogen-bond acceptors (Lipinski definition) is 4. The van der Waals surface area contributed by atoms with Crippen molar-refractivity contribution in [3.8, 4) is 5.75 Å². The Labute approximate surface area is 122 Å². The molecular weight excluding hydrogens is 274 g/mol. The van der Waals surface area contributed by atoms with Crippen molar-refractivity contribution >= 4 is 29.0 Å². The molecule has 1 fully saturated rings. The third-order valence-electron chi connectivity index (χ3n) is 3.07. The first-order valence-electron chi connectivity index (χ1n) is 6.43. The van der Waals surface area contributed by atoms with Gasteiger partial charge in [-0.3, -0.25) is 14.9 Å². The molecule has 1 saturated heterocycles. The summed E-state index contributed by atoms with van der Waals surface area (Å²) in [5, 5.41) is 1.90. The van der Waals surface area contributed by atoms with Gasteiger partial charge in [-0.05, 0) is 55.8 Å². The number of ether oxygens (including phenoxy) is 1. The van der Waals surface area contributed by atoms with Gasteiger partial charge in [0.1, 0.15) is 11.4 Å². The number of carbonyl (C=O) groups is 2. The molecule has 1 aromatic rings. The van der Waals surface area contributed by atoms with Crippen molar-refractivity contribution in [1.29, 1.82) is 0 Å². The third-order valence-corrected chi connectivity index (χ3v) is 3.88. The predicted molar refractivity (Wildman–Crippen MR) is 80.5 cm³/mol. The highest BCUT2D eigenvalue weighted by molar-refractivity contribution is 8.18. The molecule has 0 atom stereocenters. The van der Waals surface area contributed by atoms with E-state index in [1.807, 2.05) is 38.1 Å². The molecule has 1 heterocycles. The van der Waals surface area contributed by atoms with E-state index in [2.05, 4.69) is 12.2 Å². The van der Waals surface area contributed by atoms with Crippen molar-refractivity contribution in [3.63, 3.8) is 0 Å². The summed E-state index contributed by atoms with van der Waals surface area (Å²) in [6, 6.07) is 7.46. The molecule has 106 valence electrons. The maximum atomic E-state index is 11.4. The fraction of sp³-hybridized carbons (Fsp3) is 0.333. The molecule has 0 aromatic heterocycles. The van der Waals surface area contributed by atoms with Crippen LogP contribution in [0.1, 0.15) is 32.8 Å². The van der Waals surface area contributed by atoms with Crippen LogP contribution in [0.2, 0.25) is 0 Å². The van der Waals surface area contributed by atoms with E-state index in [0.29, 0.717) is 4.91 Å². The first-order chi connectivity index (χ1) is 9.39. The highest BCUT2D eigenvalue weighted by Crippen LogP contribution is 2.27. The summed E-state index contributed by atoms with van der Waals surface area (Å²) in [6.45, 7) is 6.15. The van der Waals surface area contributed by atoms with E-state index in [1.165, 1.54) is 0 Å². The fourth-order valence-electron chi connectivity index (χ4n) is 1.60. The molecule has 1 aromatic carbocycles. The lowest BCUT2D eigenvalue weighted by Crippen LogP contribution is -2.26. The molecule has 5 heteroatoms. The van der Waals surface area contributed by atoms with E-state index in [4.69, 9.17) is 4.74 Å². The molecule has 0 unspecified atom stereocenters. The monoisotopic (exact) mass is 291 g/mol. The van der Waals surface area contributed by atoms with Gasteiger partial charge in [0.15, 0.2) is 0 Å². The summed E-state index contributed by atoms with van der Waals surface area (Å²) in [6.07, 6.45) is 2.61. The molecule has 1 N–H and O–H groups in total. The molecular formula is C15H17NO3S. The molecule has 0 saturated carbocycles. The number of hydrogen-bond donors (Lipinski definition) is 1. The molecule has 4 nitrogen and oxygen atoms in total. The molecule has 20 heavy (non-hydrogen) atoms. The number of carbonyl (C=O) groups excluding carboxylic acids is 2. The van der Waals surface area contributed by atoms with Crippen LogP contribution in [-0.2, 0) is 4.79 Å². The summed E-state index contributed by atoms with van der Waals surface area (Å²) in [4.78, 5) is 22.9. The quantitative estimate of drug-likeness (QED) is 0.861. The zero-order valence-corrected chi connectivity index (χ0v) is 12.5. The zero-order valence-electron chi connectivity index (χ0n) is 11.7. The molecule has 0 spiro atoms. The molecule has 2 amide bonds. The van der Waals surface area contributed by atoms with Crippen molar-refractivity contribution in [2.45, 2.75) is 32.8 Å². The Morgan fingerprint density at radius 3 is 2.40 bits per heavy atom. The number of thioether (sulfide) groups is 1. The van der Waals surface area contributed by atoms with Crippen molar-refractivity contribution in [2.24, 2.45) is 0 Å². The summed E-state index contributed by atoms with van der Waals surface area (Å²) < 4.78 is 5.85. The van der Waals surface area contributed by atoms with Crippen LogP contribution in [0.3, 0.4) is 0 Å². The number of benzene rings is 1. The van der Waals surface area contributed by atoms with Gasteiger partial charge < -0.3 is 4.74 Å². The van der Waals surface area contributed by atoms with Crippen molar-refractivity contribution < 1.29 is 14.3 Å². The molecule has 2 rings (SSSR count). The molecule has 0 radical (unpaired) electrons. The number of nitrogens with one attached hydrogen (secondary N) is 1. The Morgan fingerprint density at radius 1 is 1.25 bits per heavy atom. The van der Waals surface area contributed by atoms with Gasteiger partial charge in [-0.25, -0.2) is 0 Å². The second-order valence-corrected chi connectivity index (χ2v) is 6.15. The second-order valence-electron chi connectivity index (χ2n) is 5.14. The Balaban J connectivity index is 2.11. The molecule has 0 bridgehead atoms. The zero-order chi connectivity index (χ0) is 14.8. The van der Waals surface area contributed by atoms with Gasteiger partial charge in [-0.15, -0.1) is 0 Å². The second kappa shape index (κ2) is 5.71. The Morgan fingerprint density at radius 2 is 1.90 bits per heavy atom. The minimum Gasteiger partial charge on any atom is -0.488 e. The van der Waals surface area contributed by atoms with Gasteiger partial charge in [-0.2, -0.15) is 0 Å². The van der Waals surface area contributed by atoms with Gasteiger partial charge >= 0.3 is 0 Å². The highest BCUT2D eigenvalue weighted by Gasteiger charge is 2.24. The molecule has 1 aliphatic rings. The fourth-order valence-corrected chi connectivity index (χ4v) is 2.28. The third kappa shape index (κ3) is 3.63. The lowest BCUT2D eigenvalue weighted by Gasteiger charge is -2.24. The van der Waals surface area contributed by atoms with E-state index in [-0.39, 0.29) is 16.7 Å². The van der Waals surface area contributed by atoms with Gasteiger partial charge in [0.2, 0.25) is 0 Å². The van der Waals surface area contributed by atoms with Crippen molar-refractivity contribution in [1.82, 2.24) is 5.32 Å². The lowest BCUT2D eigenvalue weighted by molar-refractivity contribution is -0.115. The van der Waals surface area contributed by atoms with E-state index in [0.717, 1.165) is 29.5 Å². The lowest BCUT2D eigenvalue weighted by atomic mass is 10.1. The SMILES string of the molecule is CCC(C)(C)Oc1ccc(/C=C2\SC(=O)NC2=O)cc1. The first-order valence-corrected chi connectivity index (χ1v) is 7.25. The van der Waals surface area contributed by atoms with Crippen molar-refractivity contribution in [3.05, 3.63) is 34.7 Å². The Kier molecular flexibility index (Phi) is 4.18. The van der Waals surface area contributed by atoms with Crippen LogP contribution in [0.5, 0.6) is 5.75 Å². The van der Waals surface area contributed by atoms with Gasteiger partial charge in [-0.1, -0.05) is 19.1 Å². The number of imide groups is 1. The van der Waals surface area contributed by atoms with Crippen LogP contribution >= 0.6 is 11.8 Å². The van der Waals surface area contributed by atoms with Crippen LogP contribution in [0.4, 0.5) is 4.79 Å². The average Bonchev–Trinajstić information content (AvgIpc) is 2.70. The smallest absolute Gasteiger partial charge is 0.290 e. The van der Waals surface area contributed by atoms with Crippen LogP contribution < -0.4 is 10.1 Å². The summed E-state index contributed by atoms with van der Waals surface area (Å²) >= 11 is 0.917. The van der Waals surface area contributed by atoms with Crippen LogP contribution in [0.25, 0.3) is 6.08 Å². The largest absolute Gasteiger partial charge is 0.488 e. The summed E-state index contributed by atoms with van der Waals surface area (Å²) in [7, 11) is 0. The summed E-state index contributed by atoms with van der Waals surface area (Å²) in [5.41, 5.74) is 0.659. The minimum absolute atomic E-state index is 0.201. The van der Waals surface area contributed by atoms with E-state index >= 15 is 0 Å². The van der Waals surface area contributed by atoms with E-state index in [1.54, 1.807) is 6.08 Å². The van der Waals surface area contributed by atoms with Gasteiger partial charge in [0.05, 0.1) is 4.91 Å². The normalized spacial score (nSPS) is 17.4.